The molecule has 1 aromatic carbocycles. The summed E-state index contributed by atoms with van der Waals surface area (Å²) < 4.78 is 0.754. The predicted molar refractivity (Wildman–Crippen MR) is 81.1 cm³/mol. The van der Waals surface area contributed by atoms with Gasteiger partial charge in [0, 0.05) is 9.50 Å². The van der Waals surface area contributed by atoms with Gasteiger partial charge in [0.25, 0.3) is 5.91 Å². The van der Waals surface area contributed by atoms with E-state index < -0.39 is 0 Å². The Labute approximate surface area is 129 Å². The third kappa shape index (κ3) is 3.47. The van der Waals surface area contributed by atoms with Crippen LogP contribution in [0.3, 0.4) is 0 Å². The van der Waals surface area contributed by atoms with Crippen LogP contribution in [0.1, 0.15) is 16.1 Å². The van der Waals surface area contributed by atoms with E-state index >= 15 is 0 Å². The van der Waals surface area contributed by atoms with Gasteiger partial charge in [-0.1, -0.05) is 29.3 Å². The maximum Gasteiger partial charge on any atom is 0.274 e. The third-order valence-corrected chi connectivity index (χ3v) is 3.72. The van der Waals surface area contributed by atoms with Crippen LogP contribution in [-0.2, 0) is 0 Å². The molecule has 0 bridgehead atoms. The molecule has 0 aliphatic carbocycles. The molecule has 98 valence electrons. The second-order valence-corrected chi connectivity index (χ2v) is 5.53. The molecule has 0 saturated carbocycles. The number of carbonyl (C=O) groups is 1. The maximum atomic E-state index is 12.0. The summed E-state index contributed by atoms with van der Waals surface area (Å²) in [5.41, 5.74) is 1.76. The van der Waals surface area contributed by atoms with E-state index in [-0.39, 0.29) is 16.8 Å². The fourth-order valence-corrected chi connectivity index (χ4v) is 2.35. The van der Waals surface area contributed by atoms with Crippen molar-refractivity contribution in [3.8, 4) is 0 Å². The number of anilines is 1. The molecule has 0 radical (unpaired) electrons. The van der Waals surface area contributed by atoms with Gasteiger partial charge in [0.05, 0.1) is 5.69 Å². The number of hydrogen-bond acceptors (Lipinski definition) is 2. The molecule has 0 unspecified atom stereocenters. The molecule has 19 heavy (non-hydrogen) atoms. The van der Waals surface area contributed by atoms with E-state index in [4.69, 9.17) is 23.2 Å². The SMILES string of the molecule is Cc1cc(Br)c(NC(=O)c2cccc(Cl)n2)cc1Cl. The smallest absolute Gasteiger partial charge is 0.274 e. The van der Waals surface area contributed by atoms with Gasteiger partial charge in [0.1, 0.15) is 10.8 Å². The van der Waals surface area contributed by atoms with Gasteiger partial charge in [-0.15, -0.1) is 0 Å². The molecule has 2 rings (SSSR count). The van der Waals surface area contributed by atoms with E-state index in [2.05, 4.69) is 26.2 Å². The van der Waals surface area contributed by atoms with Crippen LogP contribution in [0.25, 0.3) is 0 Å². The number of halogens is 3. The first-order chi connectivity index (χ1) is 8.97. The molecule has 0 fully saturated rings. The highest BCUT2D eigenvalue weighted by Gasteiger charge is 2.11. The quantitative estimate of drug-likeness (QED) is 0.789. The summed E-state index contributed by atoms with van der Waals surface area (Å²) in [5, 5.41) is 3.58. The minimum atomic E-state index is -0.344. The van der Waals surface area contributed by atoms with Crippen molar-refractivity contribution >= 4 is 50.7 Å². The molecule has 0 saturated heterocycles. The van der Waals surface area contributed by atoms with Crippen LogP contribution >= 0.6 is 39.1 Å². The van der Waals surface area contributed by atoms with Crippen molar-refractivity contribution < 1.29 is 4.79 Å². The van der Waals surface area contributed by atoms with Gasteiger partial charge < -0.3 is 5.32 Å². The van der Waals surface area contributed by atoms with Crippen LogP contribution < -0.4 is 5.32 Å². The summed E-state index contributed by atoms with van der Waals surface area (Å²) in [7, 11) is 0. The monoisotopic (exact) mass is 358 g/mol. The second kappa shape index (κ2) is 5.90. The van der Waals surface area contributed by atoms with Crippen LogP contribution in [-0.4, -0.2) is 10.9 Å². The highest BCUT2D eigenvalue weighted by Crippen LogP contribution is 2.29. The zero-order valence-corrected chi connectivity index (χ0v) is 13.0. The van der Waals surface area contributed by atoms with Crippen LogP contribution in [0.5, 0.6) is 0 Å². The number of benzene rings is 1. The van der Waals surface area contributed by atoms with Crippen molar-refractivity contribution in [1.82, 2.24) is 4.98 Å². The molecule has 1 amide bonds. The molecular formula is C13H9BrCl2N2O. The molecule has 0 aliphatic heterocycles. The van der Waals surface area contributed by atoms with Gasteiger partial charge in [-0.05, 0) is 52.7 Å². The van der Waals surface area contributed by atoms with E-state index in [1.54, 1.807) is 24.3 Å². The number of nitrogens with zero attached hydrogens (tertiary/aromatic N) is 1. The Morgan fingerprint density at radius 2 is 2.05 bits per heavy atom. The molecule has 2 aromatic rings. The van der Waals surface area contributed by atoms with Gasteiger partial charge in [0.2, 0.25) is 0 Å². The van der Waals surface area contributed by atoms with Crippen molar-refractivity contribution in [2.75, 3.05) is 5.32 Å². The topological polar surface area (TPSA) is 42.0 Å². The third-order valence-electron chi connectivity index (χ3n) is 2.44. The molecule has 3 nitrogen and oxygen atoms in total. The summed E-state index contributed by atoms with van der Waals surface area (Å²) in [6, 6.07) is 8.39. The summed E-state index contributed by atoms with van der Waals surface area (Å²) in [6.07, 6.45) is 0. The van der Waals surface area contributed by atoms with Crippen molar-refractivity contribution in [2.45, 2.75) is 6.92 Å². The number of carbonyl (C=O) groups excluding carboxylic acids is 1. The molecule has 6 heteroatoms. The average molecular weight is 360 g/mol. The van der Waals surface area contributed by atoms with Gasteiger partial charge in [0.15, 0.2) is 0 Å². The van der Waals surface area contributed by atoms with Crippen LogP contribution in [0.15, 0.2) is 34.8 Å². The van der Waals surface area contributed by atoms with E-state index in [0.29, 0.717) is 10.7 Å². The number of rotatable bonds is 2. The van der Waals surface area contributed by atoms with Crippen molar-refractivity contribution in [3.63, 3.8) is 0 Å². The van der Waals surface area contributed by atoms with Crippen LogP contribution in [0.4, 0.5) is 5.69 Å². The van der Waals surface area contributed by atoms with Gasteiger partial charge in [-0.25, -0.2) is 4.98 Å². The highest BCUT2D eigenvalue weighted by molar-refractivity contribution is 9.10. The Bertz CT molecular complexity index is 647. The minimum Gasteiger partial charge on any atom is -0.320 e. The van der Waals surface area contributed by atoms with Crippen molar-refractivity contribution in [2.24, 2.45) is 0 Å². The molecule has 0 aliphatic rings. The van der Waals surface area contributed by atoms with Gasteiger partial charge in [-0.2, -0.15) is 0 Å². The standard InChI is InChI=1S/C13H9BrCl2N2O/c1-7-5-8(14)11(6-9(7)15)18-13(19)10-3-2-4-12(16)17-10/h2-6H,1H3,(H,18,19). The van der Waals surface area contributed by atoms with E-state index in [1.807, 2.05) is 13.0 Å². The lowest BCUT2D eigenvalue weighted by Crippen LogP contribution is -2.14. The molecule has 1 heterocycles. The number of aromatic nitrogens is 1. The first-order valence-corrected chi connectivity index (χ1v) is 6.92. The second-order valence-electron chi connectivity index (χ2n) is 3.88. The van der Waals surface area contributed by atoms with E-state index in [0.717, 1.165) is 10.0 Å². The Kier molecular flexibility index (Phi) is 4.45. The van der Waals surface area contributed by atoms with E-state index in [1.165, 1.54) is 0 Å². The number of nitrogens with one attached hydrogen (secondary N) is 1. The van der Waals surface area contributed by atoms with E-state index in [9.17, 15) is 4.79 Å². The summed E-state index contributed by atoms with van der Waals surface area (Å²) in [4.78, 5) is 16.0. The number of hydrogen-bond donors (Lipinski definition) is 1. The summed E-state index contributed by atoms with van der Waals surface area (Å²) in [5.74, 6) is -0.344. The largest absolute Gasteiger partial charge is 0.320 e. The average Bonchev–Trinajstić information content (AvgIpc) is 2.36. The Hall–Kier alpha value is -1.10. The maximum absolute atomic E-state index is 12.0. The lowest BCUT2D eigenvalue weighted by molar-refractivity contribution is 0.102. The lowest BCUT2D eigenvalue weighted by Gasteiger charge is -2.09. The summed E-state index contributed by atoms with van der Waals surface area (Å²) >= 11 is 15.2. The lowest BCUT2D eigenvalue weighted by atomic mass is 10.2. The predicted octanol–water partition coefficient (Wildman–Crippen LogP) is 4.71. The fourth-order valence-electron chi connectivity index (χ4n) is 1.46. The molecular weight excluding hydrogens is 351 g/mol. The summed E-state index contributed by atoms with van der Waals surface area (Å²) in [6.45, 7) is 1.89. The highest BCUT2D eigenvalue weighted by atomic mass is 79.9. The Balaban J connectivity index is 2.27. The normalized spacial score (nSPS) is 10.3. The van der Waals surface area contributed by atoms with Gasteiger partial charge in [-0.3, -0.25) is 4.79 Å². The first kappa shape index (κ1) is 14.3. The van der Waals surface area contributed by atoms with Crippen molar-refractivity contribution in [1.29, 1.82) is 0 Å². The van der Waals surface area contributed by atoms with Gasteiger partial charge >= 0.3 is 0 Å². The van der Waals surface area contributed by atoms with Crippen LogP contribution in [0.2, 0.25) is 10.2 Å². The molecule has 1 aromatic heterocycles. The minimum absolute atomic E-state index is 0.246. The molecule has 0 spiro atoms. The molecule has 1 N–H and O–H groups in total. The van der Waals surface area contributed by atoms with Crippen molar-refractivity contribution in [3.05, 3.63) is 56.2 Å². The zero-order valence-electron chi connectivity index (χ0n) is 9.88. The molecule has 0 atom stereocenters. The van der Waals surface area contributed by atoms with Crippen LogP contribution in [0, 0.1) is 6.92 Å². The number of amides is 1. The number of pyridine rings is 1. The Morgan fingerprint density at radius 3 is 2.74 bits per heavy atom. The zero-order chi connectivity index (χ0) is 14.0. The Morgan fingerprint density at radius 1 is 1.32 bits per heavy atom. The first-order valence-electron chi connectivity index (χ1n) is 5.37. The fraction of sp³-hybridized carbons (Fsp3) is 0.0769. The number of aryl methyl sites for hydroxylation is 1.